The maximum absolute atomic E-state index is 12.5. The second-order valence-electron chi connectivity index (χ2n) is 6.83. The number of ether oxygens (including phenoxy) is 1. The summed E-state index contributed by atoms with van der Waals surface area (Å²) in [6, 6.07) is 18.0. The van der Waals surface area contributed by atoms with Crippen molar-refractivity contribution in [2.75, 3.05) is 6.54 Å². The number of carboxylic acid groups (broad SMARTS) is 1. The summed E-state index contributed by atoms with van der Waals surface area (Å²) in [5.74, 6) is 0.405. The van der Waals surface area contributed by atoms with Crippen molar-refractivity contribution in [1.82, 2.24) is 4.72 Å². The summed E-state index contributed by atoms with van der Waals surface area (Å²) in [4.78, 5) is 11.8. The Morgan fingerprint density at radius 2 is 1.63 bits per heavy atom. The lowest BCUT2D eigenvalue weighted by molar-refractivity contribution is 0.0695. The summed E-state index contributed by atoms with van der Waals surface area (Å²) in [6.45, 7) is 4.05. The molecule has 0 saturated heterocycles. The molecule has 3 rings (SSSR count). The zero-order valence-electron chi connectivity index (χ0n) is 16.6. The third kappa shape index (κ3) is 5.69. The fourth-order valence-electron chi connectivity index (χ4n) is 2.89. The van der Waals surface area contributed by atoms with Crippen molar-refractivity contribution >= 4 is 28.6 Å². The van der Waals surface area contributed by atoms with Gasteiger partial charge in [-0.3, -0.25) is 0 Å². The molecule has 5 nitrogen and oxygen atoms in total. The van der Waals surface area contributed by atoms with Crippen molar-refractivity contribution in [2.24, 2.45) is 0 Å². The molecule has 156 valence electrons. The fourth-order valence-corrected chi connectivity index (χ4v) is 3.98. The van der Waals surface area contributed by atoms with Crippen LogP contribution in [0.3, 0.4) is 0 Å². The highest BCUT2D eigenvalue weighted by atomic mass is 35.5. The number of hydrogen-bond acceptors (Lipinski definition) is 3. The summed E-state index contributed by atoms with van der Waals surface area (Å²) >= 11 is 5.87. The Balaban J connectivity index is 1.55. The molecule has 0 aliphatic heterocycles. The summed E-state index contributed by atoms with van der Waals surface area (Å²) in [7, 11) is -1.48. The third-order valence-corrected chi connectivity index (χ3v) is 6.09. The molecular weight excluding hydrogens is 422 g/mol. The standard InChI is InChI=1S/C23H22ClNO4S/c1-15-13-21(14-22(16(15)2)23(26)27)30(28)25-12-11-17-3-7-19(8-4-17)29-20-9-5-18(24)6-10-20/h3-10,13-14,25H,11-12H2,1-2H3,(H,26,27). The van der Waals surface area contributed by atoms with Crippen molar-refractivity contribution in [3.63, 3.8) is 0 Å². The lowest BCUT2D eigenvalue weighted by atomic mass is 10.0. The van der Waals surface area contributed by atoms with Crippen molar-refractivity contribution < 1.29 is 18.8 Å². The zero-order valence-corrected chi connectivity index (χ0v) is 18.2. The normalized spacial score (nSPS) is 11.8. The molecule has 3 aromatic rings. The van der Waals surface area contributed by atoms with Gasteiger partial charge in [-0.2, -0.15) is 0 Å². The molecule has 0 heterocycles. The lowest BCUT2D eigenvalue weighted by Gasteiger charge is -2.10. The average molecular weight is 444 g/mol. The molecule has 0 amide bonds. The number of halogens is 1. The fraction of sp³-hybridized carbons (Fsp3) is 0.174. The second kappa shape index (κ2) is 9.89. The van der Waals surface area contributed by atoms with Crippen LogP contribution in [0, 0.1) is 13.8 Å². The minimum Gasteiger partial charge on any atom is -0.478 e. The van der Waals surface area contributed by atoms with Crippen LogP contribution in [-0.2, 0) is 17.4 Å². The first-order chi connectivity index (χ1) is 14.3. The molecule has 0 aromatic heterocycles. The van der Waals surface area contributed by atoms with Gasteiger partial charge in [-0.15, -0.1) is 0 Å². The topological polar surface area (TPSA) is 75.6 Å². The van der Waals surface area contributed by atoms with Crippen LogP contribution in [0.5, 0.6) is 11.5 Å². The van der Waals surface area contributed by atoms with Crippen molar-refractivity contribution in [3.05, 3.63) is 87.9 Å². The molecule has 7 heteroatoms. The molecule has 1 atom stereocenters. The largest absolute Gasteiger partial charge is 0.478 e. The molecule has 0 fully saturated rings. The molecule has 0 aliphatic rings. The van der Waals surface area contributed by atoms with Crippen LogP contribution in [0.1, 0.15) is 27.0 Å². The van der Waals surface area contributed by atoms with Crippen LogP contribution in [0.15, 0.2) is 65.6 Å². The number of aryl methyl sites for hydroxylation is 1. The Morgan fingerprint density at radius 1 is 1.03 bits per heavy atom. The molecular formula is C23H22ClNO4S. The van der Waals surface area contributed by atoms with Gasteiger partial charge in [0.05, 0.1) is 10.5 Å². The number of hydrogen-bond donors (Lipinski definition) is 2. The summed E-state index contributed by atoms with van der Waals surface area (Å²) in [6.07, 6.45) is 0.670. The Hall–Kier alpha value is -2.67. The molecule has 0 spiro atoms. The predicted molar refractivity (Wildman–Crippen MR) is 119 cm³/mol. The summed E-state index contributed by atoms with van der Waals surface area (Å²) < 4.78 is 21.3. The van der Waals surface area contributed by atoms with E-state index in [1.54, 1.807) is 37.3 Å². The molecule has 0 bridgehead atoms. The third-order valence-electron chi connectivity index (χ3n) is 4.70. The predicted octanol–water partition coefficient (Wildman–Crippen LogP) is 5.30. The maximum atomic E-state index is 12.5. The van der Waals surface area contributed by atoms with Gasteiger partial charge in [-0.1, -0.05) is 23.7 Å². The molecule has 1 unspecified atom stereocenters. The van der Waals surface area contributed by atoms with Crippen molar-refractivity contribution in [3.8, 4) is 11.5 Å². The molecule has 0 aliphatic carbocycles. The number of benzene rings is 3. The van der Waals surface area contributed by atoms with Crippen LogP contribution >= 0.6 is 11.6 Å². The minimum atomic E-state index is -1.48. The number of nitrogens with one attached hydrogen (secondary N) is 1. The van der Waals surface area contributed by atoms with Gasteiger partial charge >= 0.3 is 5.97 Å². The first-order valence-corrected chi connectivity index (χ1v) is 10.9. The zero-order chi connectivity index (χ0) is 21.7. The first-order valence-electron chi connectivity index (χ1n) is 9.35. The van der Waals surface area contributed by atoms with Gasteiger partial charge in [-0.05, 0) is 85.5 Å². The van der Waals surface area contributed by atoms with E-state index in [1.807, 2.05) is 31.2 Å². The highest BCUT2D eigenvalue weighted by Crippen LogP contribution is 2.23. The van der Waals surface area contributed by atoms with Crippen LogP contribution < -0.4 is 9.46 Å². The van der Waals surface area contributed by atoms with Gasteiger partial charge in [0.15, 0.2) is 0 Å². The molecule has 30 heavy (non-hydrogen) atoms. The Labute approximate surface area is 183 Å². The number of rotatable bonds is 8. The van der Waals surface area contributed by atoms with Crippen LogP contribution in [0.25, 0.3) is 0 Å². The van der Waals surface area contributed by atoms with E-state index >= 15 is 0 Å². The Morgan fingerprint density at radius 3 is 2.23 bits per heavy atom. The van der Waals surface area contributed by atoms with Gasteiger partial charge in [0.2, 0.25) is 0 Å². The summed E-state index contributed by atoms with van der Waals surface area (Å²) in [5, 5.41) is 9.97. The van der Waals surface area contributed by atoms with Gasteiger partial charge < -0.3 is 9.84 Å². The Kier molecular flexibility index (Phi) is 7.26. The quantitative estimate of drug-likeness (QED) is 0.495. The highest BCUT2D eigenvalue weighted by Gasteiger charge is 2.14. The van der Waals surface area contributed by atoms with E-state index < -0.39 is 17.0 Å². The van der Waals surface area contributed by atoms with E-state index in [2.05, 4.69) is 4.72 Å². The van der Waals surface area contributed by atoms with E-state index in [0.29, 0.717) is 39.9 Å². The number of aromatic carboxylic acids is 1. The number of carbonyl (C=O) groups is 1. The van der Waals surface area contributed by atoms with E-state index in [4.69, 9.17) is 16.3 Å². The monoisotopic (exact) mass is 443 g/mol. The smallest absolute Gasteiger partial charge is 0.336 e. The van der Waals surface area contributed by atoms with Gasteiger partial charge in [0.1, 0.15) is 22.5 Å². The molecule has 0 saturated carbocycles. The molecule has 3 aromatic carbocycles. The molecule has 0 radical (unpaired) electrons. The lowest BCUT2D eigenvalue weighted by Crippen LogP contribution is -2.21. The van der Waals surface area contributed by atoms with Crippen LogP contribution in [-0.4, -0.2) is 21.8 Å². The molecule has 2 N–H and O–H groups in total. The van der Waals surface area contributed by atoms with E-state index in [0.717, 1.165) is 11.1 Å². The van der Waals surface area contributed by atoms with Crippen molar-refractivity contribution in [1.29, 1.82) is 0 Å². The Bertz CT molecular complexity index is 1070. The van der Waals surface area contributed by atoms with Crippen LogP contribution in [0.4, 0.5) is 0 Å². The first kappa shape index (κ1) is 22.0. The van der Waals surface area contributed by atoms with Gasteiger partial charge in [0, 0.05) is 11.6 Å². The number of carboxylic acids is 1. The van der Waals surface area contributed by atoms with E-state index in [9.17, 15) is 14.1 Å². The van der Waals surface area contributed by atoms with Crippen molar-refractivity contribution in [2.45, 2.75) is 25.2 Å². The van der Waals surface area contributed by atoms with Crippen LogP contribution in [0.2, 0.25) is 5.02 Å². The maximum Gasteiger partial charge on any atom is 0.336 e. The highest BCUT2D eigenvalue weighted by molar-refractivity contribution is 7.83. The van der Waals surface area contributed by atoms with Gasteiger partial charge in [-0.25, -0.2) is 13.7 Å². The average Bonchev–Trinajstić information content (AvgIpc) is 2.72. The van der Waals surface area contributed by atoms with Gasteiger partial charge in [0.25, 0.3) is 0 Å². The second-order valence-corrected chi connectivity index (χ2v) is 8.56. The summed E-state index contributed by atoms with van der Waals surface area (Å²) in [5.41, 5.74) is 2.73. The van der Waals surface area contributed by atoms with E-state index in [-0.39, 0.29) is 5.56 Å². The minimum absolute atomic E-state index is 0.177. The van der Waals surface area contributed by atoms with E-state index in [1.165, 1.54) is 6.07 Å². The SMILES string of the molecule is Cc1cc(S(=O)NCCc2ccc(Oc3ccc(Cl)cc3)cc2)cc(C(=O)O)c1C.